The van der Waals surface area contributed by atoms with Gasteiger partial charge in [-0.05, 0) is 80.8 Å². The predicted molar refractivity (Wildman–Crippen MR) is 114 cm³/mol. The average Bonchev–Trinajstić information content (AvgIpc) is 3.43. The number of anilines is 1. The van der Waals surface area contributed by atoms with Crippen LogP contribution in [0.4, 0.5) is 10.1 Å². The summed E-state index contributed by atoms with van der Waals surface area (Å²) in [6.45, 7) is 8.20. The highest BCUT2D eigenvalue weighted by Crippen LogP contribution is 2.61. The van der Waals surface area contributed by atoms with E-state index in [1.807, 2.05) is 38.1 Å². The number of nitrogens with two attached hydrogens (primary N) is 1. The summed E-state index contributed by atoms with van der Waals surface area (Å²) < 4.78 is 15.0. The van der Waals surface area contributed by atoms with E-state index in [1.165, 1.54) is 0 Å². The molecule has 1 fully saturated rings. The molecule has 1 amide bonds. The fourth-order valence-electron chi connectivity index (χ4n) is 4.88. The van der Waals surface area contributed by atoms with Crippen LogP contribution in [0.2, 0.25) is 0 Å². The topological polar surface area (TPSA) is 79.5 Å². The first-order valence-electron chi connectivity index (χ1n) is 10.3. The molecule has 5 nitrogen and oxygen atoms in total. The van der Waals surface area contributed by atoms with Gasteiger partial charge in [0.15, 0.2) is 0 Å². The number of nitrogens with one attached hydrogen (secondary N) is 2. The summed E-state index contributed by atoms with van der Waals surface area (Å²) in [5, 5.41) is 7.38. The maximum absolute atomic E-state index is 15.0. The lowest BCUT2D eigenvalue weighted by Crippen LogP contribution is -2.32. The molecule has 1 aliphatic heterocycles. The van der Waals surface area contributed by atoms with Crippen molar-refractivity contribution in [3.63, 3.8) is 0 Å². The van der Waals surface area contributed by atoms with Crippen LogP contribution in [-0.2, 0) is 4.79 Å². The van der Waals surface area contributed by atoms with Gasteiger partial charge in [-0.1, -0.05) is 19.1 Å². The first kappa shape index (κ1) is 19.8. The van der Waals surface area contributed by atoms with Gasteiger partial charge in [-0.25, -0.2) is 4.39 Å². The Kier molecular flexibility index (Phi) is 4.85. The average molecular weight is 397 g/mol. The molecular weight excluding hydrogens is 367 g/mol. The van der Waals surface area contributed by atoms with Crippen molar-refractivity contribution in [2.45, 2.75) is 46.6 Å². The molecule has 0 spiro atoms. The second-order valence-corrected chi connectivity index (χ2v) is 8.74. The van der Waals surface area contributed by atoms with Crippen molar-refractivity contribution in [3.05, 3.63) is 52.4 Å². The number of carbonyl (C=O) groups is 1. The summed E-state index contributed by atoms with van der Waals surface area (Å²) in [6.07, 6.45) is 3.10. The fraction of sp³-hybridized carbons (Fsp3) is 0.478. The van der Waals surface area contributed by atoms with Crippen molar-refractivity contribution in [1.82, 2.24) is 5.43 Å². The molecule has 4 N–H and O–H groups in total. The van der Waals surface area contributed by atoms with E-state index in [4.69, 9.17) is 5.73 Å². The molecule has 1 aromatic carbocycles. The zero-order valence-electron chi connectivity index (χ0n) is 17.5. The Hall–Kier alpha value is -2.47. The van der Waals surface area contributed by atoms with E-state index in [1.54, 1.807) is 6.92 Å². The van der Waals surface area contributed by atoms with Gasteiger partial charge in [0, 0.05) is 11.3 Å². The Labute approximate surface area is 171 Å². The first-order valence-corrected chi connectivity index (χ1v) is 10.3. The molecule has 0 saturated heterocycles. The highest BCUT2D eigenvalue weighted by Gasteiger charge is 2.62. The molecular formula is C23H29FN4O. The molecule has 1 aromatic rings. The third-order valence-corrected chi connectivity index (χ3v) is 6.60. The second kappa shape index (κ2) is 7.10. The van der Waals surface area contributed by atoms with Crippen LogP contribution < -0.4 is 16.5 Å². The van der Waals surface area contributed by atoms with Gasteiger partial charge in [-0.3, -0.25) is 4.79 Å². The van der Waals surface area contributed by atoms with E-state index in [9.17, 15) is 4.79 Å². The van der Waals surface area contributed by atoms with Crippen molar-refractivity contribution in [3.8, 4) is 0 Å². The van der Waals surface area contributed by atoms with Crippen LogP contribution in [0.1, 0.15) is 57.7 Å². The smallest absolute Gasteiger partial charge is 0.235 e. The third-order valence-electron chi connectivity index (χ3n) is 6.60. The summed E-state index contributed by atoms with van der Waals surface area (Å²) in [6, 6.07) is 5.99. The lowest BCUT2D eigenvalue weighted by Gasteiger charge is -2.27. The minimum absolute atomic E-state index is 0.0218. The van der Waals surface area contributed by atoms with Gasteiger partial charge in [-0.15, -0.1) is 0 Å². The third kappa shape index (κ3) is 3.19. The van der Waals surface area contributed by atoms with Gasteiger partial charge in [-0.2, -0.15) is 5.10 Å². The Morgan fingerprint density at radius 2 is 2.14 bits per heavy atom. The molecule has 1 saturated carbocycles. The van der Waals surface area contributed by atoms with Crippen LogP contribution in [0.3, 0.4) is 0 Å². The Morgan fingerprint density at radius 3 is 2.83 bits per heavy atom. The van der Waals surface area contributed by atoms with E-state index in [-0.39, 0.29) is 29.6 Å². The molecule has 4 rings (SSSR count). The molecule has 1 heterocycles. The number of hydrogen-bond acceptors (Lipinski definition) is 4. The molecule has 29 heavy (non-hydrogen) atoms. The normalized spacial score (nSPS) is 30.8. The summed E-state index contributed by atoms with van der Waals surface area (Å²) in [7, 11) is 0. The number of fused-ring (bicyclic) bond motifs is 1. The first-order chi connectivity index (χ1) is 13.8. The summed E-state index contributed by atoms with van der Waals surface area (Å²) in [5.41, 5.74) is 13.2. The highest BCUT2D eigenvalue weighted by atomic mass is 19.1. The molecule has 3 aliphatic rings. The van der Waals surface area contributed by atoms with Crippen molar-refractivity contribution < 1.29 is 9.18 Å². The van der Waals surface area contributed by atoms with Crippen molar-refractivity contribution >= 4 is 17.3 Å². The fourth-order valence-corrected chi connectivity index (χ4v) is 4.88. The van der Waals surface area contributed by atoms with Gasteiger partial charge in [0.25, 0.3) is 0 Å². The van der Waals surface area contributed by atoms with Crippen LogP contribution in [0.5, 0.6) is 0 Å². The quantitative estimate of drug-likeness (QED) is 0.714. The van der Waals surface area contributed by atoms with Gasteiger partial charge >= 0.3 is 0 Å². The van der Waals surface area contributed by atoms with E-state index < -0.39 is 5.41 Å². The predicted octanol–water partition coefficient (Wildman–Crippen LogP) is 4.19. The second-order valence-electron chi connectivity index (χ2n) is 8.74. The number of benzene rings is 1. The molecule has 2 aliphatic carbocycles. The largest absolute Gasteiger partial charge is 0.330 e. The molecule has 0 aromatic heterocycles. The molecule has 3 unspecified atom stereocenters. The van der Waals surface area contributed by atoms with Crippen molar-refractivity contribution in [2.75, 3.05) is 11.9 Å². The molecule has 4 atom stereocenters. The lowest BCUT2D eigenvalue weighted by atomic mass is 9.80. The summed E-state index contributed by atoms with van der Waals surface area (Å²) in [5.74, 6) is -0.199. The lowest BCUT2D eigenvalue weighted by molar-refractivity contribution is -0.120. The van der Waals surface area contributed by atoms with Crippen molar-refractivity contribution in [2.24, 2.45) is 28.1 Å². The van der Waals surface area contributed by atoms with Gasteiger partial charge in [0.1, 0.15) is 5.83 Å². The molecule has 0 bridgehead atoms. The SMILES string of the molecule is CC1=CC(C)CC([C@]2(C(=O)Nc3ccc4c(c3)C(C)=NNC4C)CC2CN)=C1F. The number of allylic oxidation sites excluding steroid dienone is 3. The van der Waals surface area contributed by atoms with E-state index in [2.05, 4.69) is 22.8 Å². The monoisotopic (exact) mass is 396 g/mol. The van der Waals surface area contributed by atoms with Gasteiger partial charge in [0.2, 0.25) is 5.91 Å². The van der Waals surface area contributed by atoms with Crippen molar-refractivity contribution in [1.29, 1.82) is 0 Å². The van der Waals surface area contributed by atoms with Crippen LogP contribution in [0, 0.1) is 17.3 Å². The Bertz CT molecular complexity index is 964. The standard InChI is InChI=1S/C23H29FN4O/c1-12-7-13(2)21(24)20(8-12)23(10-16(23)11-25)22(29)26-17-5-6-18-14(3)27-28-15(4)19(18)9-17/h5-7,9,12,14,16,27H,8,10-11,25H2,1-4H3,(H,26,29)/t12?,14?,16?,23-/m0/s1. The number of hydrazone groups is 1. The minimum atomic E-state index is -0.837. The van der Waals surface area contributed by atoms with Crippen LogP contribution in [0.15, 0.2) is 46.3 Å². The van der Waals surface area contributed by atoms with Gasteiger partial charge in [0.05, 0.1) is 17.2 Å². The van der Waals surface area contributed by atoms with E-state index in [0.29, 0.717) is 36.2 Å². The maximum atomic E-state index is 15.0. The zero-order chi connectivity index (χ0) is 20.9. The Balaban J connectivity index is 1.65. The van der Waals surface area contributed by atoms with Crippen LogP contribution in [0.25, 0.3) is 0 Å². The number of nitrogens with zero attached hydrogens (tertiary/aromatic N) is 1. The molecule has 154 valence electrons. The number of carbonyl (C=O) groups excluding carboxylic acids is 1. The number of amides is 1. The van der Waals surface area contributed by atoms with E-state index in [0.717, 1.165) is 16.8 Å². The number of rotatable bonds is 4. The summed E-state index contributed by atoms with van der Waals surface area (Å²) >= 11 is 0. The maximum Gasteiger partial charge on any atom is 0.235 e. The van der Waals surface area contributed by atoms with Crippen LogP contribution >= 0.6 is 0 Å². The Morgan fingerprint density at radius 1 is 1.38 bits per heavy atom. The summed E-state index contributed by atoms with van der Waals surface area (Å²) in [4.78, 5) is 13.4. The van der Waals surface area contributed by atoms with Gasteiger partial charge < -0.3 is 16.5 Å². The molecule has 0 radical (unpaired) electrons. The van der Waals surface area contributed by atoms with E-state index >= 15 is 4.39 Å². The number of hydrogen-bond donors (Lipinski definition) is 3. The zero-order valence-corrected chi connectivity index (χ0v) is 17.5. The highest BCUT2D eigenvalue weighted by molar-refractivity contribution is 6.04. The minimum Gasteiger partial charge on any atom is -0.330 e. The molecule has 6 heteroatoms. The van der Waals surface area contributed by atoms with Crippen LogP contribution in [-0.4, -0.2) is 18.2 Å². The number of halogens is 1.